The minimum Gasteiger partial charge on any atom is -0.481 e. The fourth-order valence-electron chi connectivity index (χ4n) is 0.843. The van der Waals surface area contributed by atoms with E-state index in [0.29, 0.717) is 19.4 Å². The molecule has 0 rings (SSSR count). The highest BCUT2D eigenvalue weighted by Crippen LogP contribution is 1.86. The normalized spacial score (nSPS) is 8.00. The van der Waals surface area contributed by atoms with Gasteiger partial charge in [-0.15, -0.1) is 0 Å². The lowest BCUT2D eigenvalue weighted by molar-refractivity contribution is -0.145. The maximum Gasteiger partial charge on any atom is 0.313 e. The molecular formula is C14H29AlO7. The van der Waals surface area contributed by atoms with Crippen LogP contribution in [-0.4, -0.2) is 57.9 Å². The first-order chi connectivity index (χ1) is 9.70. The number of hydrogen-bond acceptors (Lipinski definition) is 5. The number of carbonyl (C=O) groups excluding carboxylic acids is 2. The highest BCUT2D eigenvalue weighted by Gasteiger charge is 2.03. The summed E-state index contributed by atoms with van der Waals surface area (Å²) >= 11 is 0. The van der Waals surface area contributed by atoms with Gasteiger partial charge in [0.1, 0.15) is 12.2 Å². The molecule has 0 saturated heterocycles. The van der Waals surface area contributed by atoms with Gasteiger partial charge in [0.25, 0.3) is 0 Å². The van der Waals surface area contributed by atoms with E-state index in [9.17, 15) is 19.2 Å². The lowest BCUT2D eigenvalue weighted by Gasteiger charge is -1.96. The van der Waals surface area contributed by atoms with Crippen molar-refractivity contribution in [3.8, 4) is 0 Å². The molecule has 0 spiro atoms. The van der Waals surface area contributed by atoms with E-state index in [2.05, 4.69) is 4.74 Å². The van der Waals surface area contributed by atoms with Crippen molar-refractivity contribution in [1.29, 1.82) is 0 Å². The molecule has 0 aliphatic rings. The number of carboxylic acids is 2. The van der Waals surface area contributed by atoms with Crippen LogP contribution in [0.4, 0.5) is 0 Å². The van der Waals surface area contributed by atoms with Crippen LogP contribution in [-0.2, 0) is 23.9 Å². The molecule has 0 aromatic rings. The van der Waals surface area contributed by atoms with Gasteiger partial charge in [-0.3, -0.25) is 19.2 Å². The van der Waals surface area contributed by atoms with Gasteiger partial charge in [-0.25, -0.2) is 0 Å². The second-order valence-electron chi connectivity index (χ2n) is 3.97. The molecule has 0 aromatic heterocycles. The summed E-state index contributed by atoms with van der Waals surface area (Å²) in [7, 11) is 0. The van der Waals surface area contributed by atoms with E-state index in [4.69, 9.17) is 10.2 Å². The van der Waals surface area contributed by atoms with Crippen LogP contribution in [0.15, 0.2) is 0 Å². The third-order valence-corrected chi connectivity index (χ3v) is 1.63. The summed E-state index contributed by atoms with van der Waals surface area (Å²) < 4.78 is 4.49. The fraction of sp³-hybridized carbons (Fsp3) is 0.714. The molecule has 2 N–H and O–H groups in total. The third-order valence-electron chi connectivity index (χ3n) is 1.63. The van der Waals surface area contributed by atoms with Crippen molar-refractivity contribution in [1.82, 2.24) is 0 Å². The van der Waals surface area contributed by atoms with E-state index in [1.54, 1.807) is 6.92 Å². The van der Waals surface area contributed by atoms with Gasteiger partial charge in [0.05, 0.1) is 6.61 Å². The van der Waals surface area contributed by atoms with E-state index in [1.807, 2.05) is 13.8 Å². The van der Waals surface area contributed by atoms with Crippen LogP contribution < -0.4 is 0 Å². The molecule has 0 saturated carbocycles. The van der Waals surface area contributed by atoms with Crippen molar-refractivity contribution >= 4 is 41.1 Å². The minimum atomic E-state index is -0.711. The molecule has 0 heterocycles. The largest absolute Gasteiger partial charge is 0.481 e. The number of rotatable bonds is 7. The van der Waals surface area contributed by atoms with Crippen LogP contribution in [0.3, 0.4) is 0 Å². The number of aliphatic carboxylic acids is 2. The van der Waals surface area contributed by atoms with Crippen LogP contribution >= 0.6 is 0 Å². The molecule has 0 unspecified atom stereocenters. The van der Waals surface area contributed by atoms with Crippen molar-refractivity contribution in [2.45, 2.75) is 59.8 Å². The molecule has 130 valence electrons. The van der Waals surface area contributed by atoms with Crippen molar-refractivity contribution in [2.24, 2.45) is 0 Å². The monoisotopic (exact) mass is 336 g/mol. The van der Waals surface area contributed by atoms with Gasteiger partial charge in [-0.2, -0.15) is 0 Å². The molecule has 8 heteroatoms. The molecule has 0 bridgehead atoms. The average Bonchev–Trinajstić information content (AvgIpc) is 2.29. The Morgan fingerprint density at radius 1 is 0.864 bits per heavy atom. The molecule has 22 heavy (non-hydrogen) atoms. The molecule has 0 atom stereocenters. The van der Waals surface area contributed by atoms with Crippen molar-refractivity contribution in [3.63, 3.8) is 0 Å². The van der Waals surface area contributed by atoms with Gasteiger partial charge in [-0.05, 0) is 26.7 Å². The van der Waals surface area contributed by atoms with Crippen molar-refractivity contribution < 1.29 is 34.1 Å². The van der Waals surface area contributed by atoms with E-state index in [1.165, 1.54) is 6.92 Å². The number of ketones is 1. The predicted octanol–water partition coefficient (Wildman–Crippen LogP) is 1.09. The third kappa shape index (κ3) is 42.8. The summed E-state index contributed by atoms with van der Waals surface area (Å²) in [6.07, 6.45) is 1.94. The lowest BCUT2D eigenvalue weighted by atomic mass is 10.3. The van der Waals surface area contributed by atoms with E-state index in [0.717, 1.165) is 12.8 Å². The first-order valence-corrected chi connectivity index (χ1v) is 6.79. The quantitative estimate of drug-likeness (QED) is 0.406. The van der Waals surface area contributed by atoms with E-state index >= 15 is 0 Å². The number of carbonyl (C=O) groups is 4. The van der Waals surface area contributed by atoms with Crippen LogP contribution in [0.5, 0.6) is 0 Å². The van der Waals surface area contributed by atoms with E-state index in [-0.39, 0.29) is 29.6 Å². The SMILES string of the molecule is CCCC(=O)O.CCCC(=O)O.CCOC(=O)CC(C)=O.[AlH3]. The number of carboxylic acid groups (broad SMARTS) is 2. The fourth-order valence-corrected chi connectivity index (χ4v) is 0.843. The van der Waals surface area contributed by atoms with Gasteiger partial charge in [0, 0.05) is 12.8 Å². The first-order valence-electron chi connectivity index (χ1n) is 6.79. The van der Waals surface area contributed by atoms with E-state index < -0.39 is 17.9 Å². The number of Topliss-reactive ketones (excluding diaryl/α,β-unsaturated/α-hetero) is 1. The number of hydrogen-bond donors (Lipinski definition) is 2. The summed E-state index contributed by atoms with van der Waals surface area (Å²) in [4.78, 5) is 39.8. The molecule has 7 nitrogen and oxygen atoms in total. The van der Waals surface area contributed by atoms with Gasteiger partial charge in [-0.1, -0.05) is 13.8 Å². The smallest absolute Gasteiger partial charge is 0.313 e. The second kappa shape index (κ2) is 21.9. The van der Waals surface area contributed by atoms with Gasteiger partial charge in [0.2, 0.25) is 0 Å². The zero-order valence-corrected chi connectivity index (χ0v) is 13.2. The second-order valence-corrected chi connectivity index (χ2v) is 3.97. The maximum absolute atomic E-state index is 10.4. The molecule has 0 radical (unpaired) electrons. The Bertz CT molecular complexity index is 300. The van der Waals surface area contributed by atoms with Crippen molar-refractivity contribution in [3.05, 3.63) is 0 Å². The molecule has 0 aliphatic heterocycles. The summed E-state index contributed by atoms with van der Waals surface area (Å²) in [5.74, 6) is -2.02. The predicted molar refractivity (Wildman–Crippen MR) is 87.0 cm³/mol. The maximum atomic E-state index is 10.4. The molecule has 0 amide bonds. The highest BCUT2D eigenvalue weighted by atomic mass is 27.0. The summed E-state index contributed by atoms with van der Waals surface area (Å²) in [6, 6.07) is 0. The zero-order valence-electron chi connectivity index (χ0n) is 13.2. The number of ether oxygens (including phenoxy) is 1. The Morgan fingerprint density at radius 2 is 1.23 bits per heavy atom. The Hall–Kier alpha value is -1.39. The summed E-state index contributed by atoms with van der Waals surface area (Å²) in [5, 5.41) is 15.8. The molecule has 0 aromatic carbocycles. The minimum absolute atomic E-state index is 0. The van der Waals surface area contributed by atoms with Crippen LogP contribution in [0.1, 0.15) is 59.8 Å². The van der Waals surface area contributed by atoms with Crippen LogP contribution in [0.25, 0.3) is 0 Å². The van der Waals surface area contributed by atoms with Gasteiger partial charge >= 0.3 is 17.9 Å². The molecule has 0 aliphatic carbocycles. The van der Waals surface area contributed by atoms with Crippen LogP contribution in [0.2, 0.25) is 0 Å². The first kappa shape index (κ1) is 28.7. The topological polar surface area (TPSA) is 118 Å². The Morgan fingerprint density at radius 3 is 1.36 bits per heavy atom. The Kier molecular flexibility index (Phi) is 28.6. The standard InChI is InChI=1S/C6H10O3.2C4H8O2.Al.3H/c1-3-9-6(8)4-5(2)7;2*1-2-3-4(5)6;;;;/h3-4H2,1-2H3;2*2-3H2,1H3,(H,5,6);;;;. The van der Waals surface area contributed by atoms with Gasteiger partial charge < -0.3 is 14.9 Å². The highest BCUT2D eigenvalue weighted by molar-refractivity contribution is 5.94. The average molecular weight is 336 g/mol. The zero-order chi connectivity index (χ0) is 17.3. The molecular weight excluding hydrogens is 307 g/mol. The Balaban J connectivity index is -0.000000112. The lowest BCUT2D eigenvalue weighted by Crippen LogP contribution is -2.07. The summed E-state index contributed by atoms with van der Waals surface area (Å²) in [6.45, 7) is 7.09. The van der Waals surface area contributed by atoms with Crippen LogP contribution in [0, 0.1) is 0 Å². The van der Waals surface area contributed by atoms with Crippen molar-refractivity contribution in [2.75, 3.05) is 6.61 Å². The molecule has 0 fully saturated rings. The summed E-state index contributed by atoms with van der Waals surface area (Å²) in [5.41, 5.74) is 0. The number of esters is 1. The Labute approximate surface area is 142 Å². The van der Waals surface area contributed by atoms with Gasteiger partial charge in [0.15, 0.2) is 17.4 Å².